The largest absolute Gasteiger partial charge is 0.306 e. The van der Waals surface area contributed by atoms with Gasteiger partial charge in [-0.1, -0.05) is 67.4 Å². The summed E-state index contributed by atoms with van der Waals surface area (Å²) < 4.78 is 17.2. The number of aromatic amines is 1. The first-order valence-corrected chi connectivity index (χ1v) is 10.9. The number of aromatic nitrogens is 3. The molecule has 0 bridgehead atoms. The van der Waals surface area contributed by atoms with Gasteiger partial charge in [0.05, 0.1) is 11.4 Å². The van der Waals surface area contributed by atoms with Crippen LogP contribution >= 0.6 is 23.8 Å². The van der Waals surface area contributed by atoms with E-state index in [1.165, 1.54) is 5.56 Å². The van der Waals surface area contributed by atoms with Crippen molar-refractivity contribution in [1.29, 1.82) is 0 Å². The van der Waals surface area contributed by atoms with Crippen LogP contribution in [0.3, 0.4) is 0 Å². The summed E-state index contributed by atoms with van der Waals surface area (Å²) in [4.78, 5) is 0.674. The Morgan fingerprint density at radius 2 is 1.96 bits per heavy atom. The summed E-state index contributed by atoms with van der Waals surface area (Å²) in [6, 6.07) is 10.3. The van der Waals surface area contributed by atoms with Crippen LogP contribution < -0.4 is 4.72 Å². The van der Waals surface area contributed by atoms with Gasteiger partial charge in [0, 0.05) is 18.5 Å². The van der Waals surface area contributed by atoms with Crippen molar-refractivity contribution in [3.63, 3.8) is 0 Å². The molecule has 1 atom stereocenters. The van der Waals surface area contributed by atoms with E-state index in [-0.39, 0.29) is 0 Å². The highest BCUT2D eigenvalue weighted by Crippen LogP contribution is 2.15. The zero-order chi connectivity index (χ0) is 20.9. The number of nitrogens with zero attached hydrogens (tertiary/aromatic N) is 2. The third kappa shape index (κ3) is 8.48. The zero-order valence-corrected chi connectivity index (χ0v) is 19.0. The van der Waals surface area contributed by atoms with Gasteiger partial charge in [0.2, 0.25) is 0 Å². The Morgan fingerprint density at radius 3 is 2.50 bits per heavy atom. The Hall–Kier alpha value is -1.80. The molecule has 0 spiro atoms. The van der Waals surface area contributed by atoms with Crippen LogP contribution in [0.4, 0.5) is 0 Å². The first kappa shape index (κ1) is 24.2. The van der Waals surface area contributed by atoms with E-state index in [1.807, 2.05) is 38.1 Å². The molecule has 1 aliphatic carbocycles. The number of aryl methyl sites for hydroxylation is 1. The van der Waals surface area contributed by atoms with Gasteiger partial charge in [-0.15, -0.1) is 0 Å². The molecular formula is C20H27ClN4OS2. The van der Waals surface area contributed by atoms with Crippen LogP contribution in [0.5, 0.6) is 0 Å². The maximum atomic E-state index is 12.1. The highest BCUT2D eigenvalue weighted by Gasteiger charge is 2.08. The van der Waals surface area contributed by atoms with Crippen molar-refractivity contribution in [3.05, 3.63) is 80.7 Å². The third-order valence-electron chi connectivity index (χ3n) is 3.51. The average molecular weight is 439 g/mol. The zero-order valence-electron chi connectivity index (χ0n) is 16.6. The molecule has 5 nitrogen and oxygen atoms in total. The van der Waals surface area contributed by atoms with Crippen LogP contribution in [0.25, 0.3) is 0 Å². The number of nitrogens with one attached hydrogen (secondary N) is 2. The molecule has 0 amide bonds. The summed E-state index contributed by atoms with van der Waals surface area (Å²) in [5.41, 5.74) is 1.32. The first-order chi connectivity index (χ1) is 13.5. The van der Waals surface area contributed by atoms with E-state index in [0.29, 0.717) is 28.5 Å². The molecule has 2 N–H and O–H groups in total. The van der Waals surface area contributed by atoms with Gasteiger partial charge in [0.25, 0.3) is 0 Å². The molecule has 0 saturated carbocycles. The third-order valence-corrected chi connectivity index (χ3v) is 5.26. The van der Waals surface area contributed by atoms with Crippen molar-refractivity contribution in [1.82, 2.24) is 19.5 Å². The van der Waals surface area contributed by atoms with Gasteiger partial charge in [-0.25, -0.2) is 8.93 Å². The van der Waals surface area contributed by atoms with Crippen molar-refractivity contribution in [2.24, 2.45) is 7.05 Å². The first-order valence-electron chi connectivity index (χ1n) is 8.97. The summed E-state index contributed by atoms with van der Waals surface area (Å²) in [5.74, 6) is 0.699. The number of rotatable bonds is 4. The van der Waals surface area contributed by atoms with E-state index in [1.54, 1.807) is 29.8 Å². The van der Waals surface area contributed by atoms with Gasteiger partial charge in [0.15, 0.2) is 4.77 Å². The van der Waals surface area contributed by atoms with Crippen molar-refractivity contribution in [3.8, 4) is 0 Å². The molecule has 1 aliphatic rings. The van der Waals surface area contributed by atoms with Gasteiger partial charge in [-0.3, -0.25) is 5.10 Å². The van der Waals surface area contributed by atoms with Crippen LogP contribution in [-0.4, -0.2) is 19.0 Å². The second kappa shape index (κ2) is 13.4. The monoisotopic (exact) mass is 438 g/mol. The predicted molar refractivity (Wildman–Crippen MR) is 122 cm³/mol. The molecule has 0 fully saturated rings. The summed E-state index contributed by atoms with van der Waals surface area (Å²) in [6.07, 6.45) is 7.85. The van der Waals surface area contributed by atoms with Crippen molar-refractivity contribution in [2.45, 2.75) is 33.7 Å². The number of H-pyrrole nitrogens is 1. The van der Waals surface area contributed by atoms with E-state index in [9.17, 15) is 4.21 Å². The molecule has 8 heteroatoms. The molecular weight excluding hydrogens is 412 g/mol. The maximum absolute atomic E-state index is 12.1. The minimum atomic E-state index is -1.31. The topological polar surface area (TPSA) is 62.7 Å². The van der Waals surface area contributed by atoms with Crippen molar-refractivity contribution >= 4 is 34.8 Å². The van der Waals surface area contributed by atoms with Gasteiger partial charge in [-0.2, -0.15) is 5.10 Å². The number of halogens is 1. The fourth-order valence-corrected chi connectivity index (χ4v) is 3.13. The molecule has 3 rings (SSSR count). The SMILES string of the molecule is CC.Cc1ccccc1.Cn1c(CNS(=O)C2=CC=C(Cl)CC=C2)n[nH]c1=S. The lowest BCUT2D eigenvalue weighted by Gasteiger charge is -2.04. The van der Waals surface area contributed by atoms with Gasteiger partial charge >= 0.3 is 0 Å². The van der Waals surface area contributed by atoms with E-state index in [4.69, 9.17) is 23.8 Å². The van der Waals surface area contributed by atoms with E-state index < -0.39 is 11.0 Å². The lowest BCUT2D eigenvalue weighted by molar-refractivity contribution is 0.669. The molecule has 28 heavy (non-hydrogen) atoms. The van der Waals surface area contributed by atoms with Gasteiger partial charge in [0.1, 0.15) is 16.8 Å². The molecule has 1 aromatic carbocycles. The number of hydrogen-bond donors (Lipinski definition) is 2. The Balaban J connectivity index is 0.000000363. The summed E-state index contributed by atoms with van der Waals surface area (Å²) >= 11 is 10.9. The molecule has 0 radical (unpaired) electrons. The molecule has 0 saturated heterocycles. The summed E-state index contributed by atoms with van der Waals surface area (Å²) in [5, 5.41) is 7.44. The second-order valence-electron chi connectivity index (χ2n) is 5.54. The lowest BCUT2D eigenvalue weighted by atomic mass is 10.2. The average Bonchev–Trinajstić information content (AvgIpc) is 2.89. The summed E-state index contributed by atoms with van der Waals surface area (Å²) in [7, 11) is 0.492. The Morgan fingerprint density at radius 1 is 1.29 bits per heavy atom. The highest BCUT2D eigenvalue weighted by atomic mass is 35.5. The Kier molecular flexibility index (Phi) is 11.6. The number of allylic oxidation sites excluding steroid dienone is 5. The number of hydrogen-bond acceptors (Lipinski definition) is 3. The van der Waals surface area contributed by atoms with E-state index >= 15 is 0 Å². The predicted octanol–water partition coefficient (Wildman–Crippen LogP) is 5.22. The minimum absolute atomic E-state index is 0.360. The molecule has 0 aliphatic heterocycles. The van der Waals surface area contributed by atoms with E-state index in [2.05, 4.69) is 34.0 Å². The maximum Gasteiger partial charge on any atom is 0.194 e. The highest BCUT2D eigenvalue weighted by molar-refractivity contribution is 7.87. The van der Waals surface area contributed by atoms with Crippen molar-refractivity contribution < 1.29 is 4.21 Å². The van der Waals surface area contributed by atoms with Crippen molar-refractivity contribution in [2.75, 3.05) is 0 Å². The van der Waals surface area contributed by atoms with Crippen LogP contribution in [0.15, 0.2) is 64.6 Å². The summed E-state index contributed by atoms with van der Waals surface area (Å²) in [6.45, 7) is 6.44. The normalized spacial score (nSPS) is 13.8. The fraction of sp³-hybridized carbons (Fsp3) is 0.300. The van der Waals surface area contributed by atoms with Gasteiger partial charge in [-0.05, 0) is 37.4 Å². The smallest absolute Gasteiger partial charge is 0.194 e. The lowest BCUT2D eigenvalue weighted by Crippen LogP contribution is -2.19. The van der Waals surface area contributed by atoms with Crippen LogP contribution in [0.1, 0.15) is 31.7 Å². The van der Waals surface area contributed by atoms with E-state index in [0.717, 1.165) is 5.03 Å². The molecule has 1 aromatic heterocycles. The fourth-order valence-electron chi connectivity index (χ4n) is 1.99. The molecule has 2 aromatic rings. The van der Waals surface area contributed by atoms with Crippen LogP contribution in [-0.2, 0) is 24.6 Å². The Bertz CT molecular complexity index is 898. The number of benzene rings is 1. The molecule has 152 valence electrons. The Labute approximate surface area is 179 Å². The standard InChI is InChI=1S/C11H13ClN4OS2.C7H8.C2H6/c1-16-10(14-15-11(16)18)7-13-19(17)9-4-2-3-8(12)5-6-9;1-7-5-3-2-4-6-7;1-2/h2,4-6,13H,3,7H2,1H3,(H,15,18);2-6H,1H3;1-2H3. The second-order valence-corrected chi connectivity index (χ2v) is 7.71. The van der Waals surface area contributed by atoms with Gasteiger partial charge < -0.3 is 4.57 Å². The quantitative estimate of drug-likeness (QED) is 0.643. The molecule has 1 unspecified atom stereocenters. The minimum Gasteiger partial charge on any atom is -0.306 e. The van der Waals surface area contributed by atoms with Crippen LogP contribution in [0.2, 0.25) is 0 Å². The van der Waals surface area contributed by atoms with Crippen LogP contribution in [0, 0.1) is 11.7 Å². The molecule has 1 heterocycles.